The molecule has 4 atom stereocenters. The lowest BCUT2D eigenvalue weighted by Gasteiger charge is -2.31. The summed E-state index contributed by atoms with van der Waals surface area (Å²) in [6, 6.07) is 8.92. The minimum absolute atomic E-state index is 0.0600. The van der Waals surface area contributed by atoms with Gasteiger partial charge in [-0.25, -0.2) is 4.39 Å². The number of carbonyl (C=O) groups excluding carboxylic acids is 1. The van der Waals surface area contributed by atoms with Gasteiger partial charge in [-0.1, -0.05) is 24.3 Å². The van der Waals surface area contributed by atoms with Gasteiger partial charge in [-0.2, -0.15) is 18.4 Å². The third kappa shape index (κ3) is 5.53. The smallest absolute Gasteiger partial charge is 0.397 e. The first-order valence-corrected chi connectivity index (χ1v) is 13.1. The Labute approximate surface area is 230 Å². The summed E-state index contributed by atoms with van der Waals surface area (Å²) < 4.78 is 61.4. The lowest BCUT2D eigenvalue weighted by molar-refractivity contribution is -0.170. The molecule has 0 bridgehead atoms. The number of benzene rings is 1. The number of nitriles is 1. The second-order valence-electron chi connectivity index (χ2n) is 10.3. The van der Waals surface area contributed by atoms with Gasteiger partial charge in [0.15, 0.2) is 5.11 Å². The van der Waals surface area contributed by atoms with Crippen molar-refractivity contribution in [3.63, 3.8) is 0 Å². The Morgan fingerprint density at radius 2 is 1.92 bits per heavy atom. The normalized spacial score (nSPS) is 26.6. The first kappa shape index (κ1) is 28.6. The van der Waals surface area contributed by atoms with Gasteiger partial charge >= 0.3 is 6.18 Å². The molecular formula is C28H30F4N4O2S. The molecule has 1 amide bonds. The molecule has 1 fully saturated rings. The number of allylic oxidation sites excluding steroid dienone is 4. The third-order valence-electron chi connectivity index (χ3n) is 7.44. The van der Waals surface area contributed by atoms with Crippen molar-refractivity contribution in [2.24, 2.45) is 11.8 Å². The van der Waals surface area contributed by atoms with Gasteiger partial charge in [0.1, 0.15) is 17.5 Å². The molecule has 2 heterocycles. The molecule has 0 saturated carbocycles. The van der Waals surface area contributed by atoms with Crippen molar-refractivity contribution in [3.05, 3.63) is 65.5 Å². The van der Waals surface area contributed by atoms with Crippen molar-refractivity contribution in [1.82, 2.24) is 15.1 Å². The second-order valence-corrected chi connectivity index (χ2v) is 10.7. The molecule has 11 heteroatoms. The van der Waals surface area contributed by atoms with Crippen LogP contribution < -0.4 is 10.1 Å². The number of amides is 1. The van der Waals surface area contributed by atoms with Crippen LogP contribution in [0.1, 0.15) is 38.7 Å². The molecule has 0 spiro atoms. The van der Waals surface area contributed by atoms with Crippen molar-refractivity contribution in [2.45, 2.75) is 51.0 Å². The van der Waals surface area contributed by atoms with Crippen LogP contribution in [0, 0.1) is 23.2 Å². The molecule has 208 valence electrons. The molecule has 1 aliphatic carbocycles. The van der Waals surface area contributed by atoms with Crippen molar-refractivity contribution < 1.29 is 27.1 Å². The van der Waals surface area contributed by atoms with E-state index in [1.807, 2.05) is 12.1 Å². The van der Waals surface area contributed by atoms with Crippen LogP contribution in [0.2, 0.25) is 0 Å². The number of ether oxygens (including phenoxy) is 1. The molecule has 1 aromatic rings. The van der Waals surface area contributed by atoms with E-state index >= 15 is 0 Å². The van der Waals surface area contributed by atoms with Crippen molar-refractivity contribution in [3.8, 4) is 11.8 Å². The SMILES string of the molecule is CC1=C(N2C(=O)C(C)(C)N(CCCOc3ccc([C@H]4C=CNCC4F)cc3)C2=S)C=C[C@@H](C#N)[C@H]1C(F)(F)F. The van der Waals surface area contributed by atoms with E-state index in [-0.39, 0.29) is 28.8 Å². The summed E-state index contributed by atoms with van der Waals surface area (Å²) >= 11 is 5.58. The number of rotatable bonds is 7. The topological polar surface area (TPSA) is 68.6 Å². The summed E-state index contributed by atoms with van der Waals surface area (Å²) in [6.07, 6.45) is 0.946. The maximum atomic E-state index is 14.2. The minimum atomic E-state index is -4.65. The zero-order valence-corrected chi connectivity index (χ0v) is 22.7. The lowest BCUT2D eigenvalue weighted by atomic mass is 9.81. The Morgan fingerprint density at radius 1 is 1.23 bits per heavy atom. The molecule has 1 unspecified atom stereocenters. The zero-order chi connectivity index (χ0) is 28.5. The summed E-state index contributed by atoms with van der Waals surface area (Å²) in [7, 11) is 0. The Balaban J connectivity index is 1.41. The minimum Gasteiger partial charge on any atom is -0.494 e. The van der Waals surface area contributed by atoms with E-state index in [0.29, 0.717) is 25.3 Å². The Kier molecular flexibility index (Phi) is 8.07. The predicted molar refractivity (Wildman–Crippen MR) is 142 cm³/mol. The predicted octanol–water partition coefficient (Wildman–Crippen LogP) is 5.36. The van der Waals surface area contributed by atoms with E-state index in [1.165, 1.54) is 19.1 Å². The van der Waals surface area contributed by atoms with Crippen LogP contribution >= 0.6 is 12.2 Å². The summed E-state index contributed by atoms with van der Waals surface area (Å²) in [6.45, 7) is 5.57. The Hall–Kier alpha value is -3.39. The van der Waals surface area contributed by atoms with E-state index in [4.69, 9.17) is 17.0 Å². The molecule has 1 saturated heterocycles. The van der Waals surface area contributed by atoms with Crippen LogP contribution in [0.4, 0.5) is 17.6 Å². The number of thiocarbonyl (C=S) groups is 1. The fourth-order valence-electron chi connectivity index (χ4n) is 5.23. The van der Waals surface area contributed by atoms with Crippen LogP contribution in [0.15, 0.2) is 60.0 Å². The zero-order valence-electron chi connectivity index (χ0n) is 21.8. The van der Waals surface area contributed by atoms with Gasteiger partial charge in [0, 0.05) is 19.0 Å². The van der Waals surface area contributed by atoms with Gasteiger partial charge in [0.25, 0.3) is 5.91 Å². The van der Waals surface area contributed by atoms with Crippen LogP contribution in [0.5, 0.6) is 5.75 Å². The number of hydrogen-bond donors (Lipinski definition) is 1. The Bertz CT molecular complexity index is 1250. The maximum Gasteiger partial charge on any atom is 0.397 e. The van der Waals surface area contributed by atoms with E-state index < -0.39 is 35.6 Å². The van der Waals surface area contributed by atoms with E-state index in [2.05, 4.69) is 5.32 Å². The first-order valence-electron chi connectivity index (χ1n) is 12.7. The monoisotopic (exact) mass is 562 g/mol. The average Bonchev–Trinajstić information content (AvgIpc) is 3.05. The lowest BCUT2D eigenvalue weighted by Crippen LogP contribution is -2.44. The molecular weight excluding hydrogens is 532 g/mol. The summed E-state index contributed by atoms with van der Waals surface area (Å²) in [5, 5.41) is 12.2. The highest BCUT2D eigenvalue weighted by molar-refractivity contribution is 7.80. The van der Waals surface area contributed by atoms with Crippen LogP contribution in [-0.4, -0.2) is 58.4 Å². The molecule has 1 N–H and O–H groups in total. The van der Waals surface area contributed by atoms with Crippen LogP contribution in [-0.2, 0) is 4.79 Å². The highest BCUT2D eigenvalue weighted by Gasteiger charge is 2.53. The van der Waals surface area contributed by atoms with Gasteiger partial charge in [-0.05, 0) is 75.0 Å². The van der Waals surface area contributed by atoms with Gasteiger partial charge in [-0.3, -0.25) is 9.69 Å². The van der Waals surface area contributed by atoms with E-state index in [9.17, 15) is 27.6 Å². The fourth-order valence-corrected chi connectivity index (χ4v) is 5.73. The van der Waals surface area contributed by atoms with Gasteiger partial charge in [-0.15, -0.1) is 0 Å². The van der Waals surface area contributed by atoms with Crippen LogP contribution in [0.3, 0.4) is 0 Å². The van der Waals surface area contributed by atoms with E-state index in [1.54, 1.807) is 49.2 Å². The van der Waals surface area contributed by atoms with Crippen LogP contribution in [0.25, 0.3) is 0 Å². The van der Waals surface area contributed by atoms with Gasteiger partial charge in [0.2, 0.25) is 0 Å². The van der Waals surface area contributed by atoms with Gasteiger partial charge < -0.3 is 15.0 Å². The molecule has 2 aliphatic heterocycles. The molecule has 4 rings (SSSR count). The molecule has 0 radical (unpaired) electrons. The number of carbonyl (C=O) groups is 1. The highest BCUT2D eigenvalue weighted by atomic mass is 32.1. The second kappa shape index (κ2) is 11.0. The molecule has 6 nitrogen and oxygen atoms in total. The average molecular weight is 563 g/mol. The van der Waals surface area contributed by atoms with Crippen molar-refractivity contribution >= 4 is 23.2 Å². The molecule has 39 heavy (non-hydrogen) atoms. The largest absolute Gasteiger partial charge is 0.494 e. The van der Waals surface area contributed by atoms with Crippen molar-refractivity contribution in [2.75, 3.05) is 19.7 Å². The number of alkyl halides is 4. The van der Waals surface area contributed by atoms with E-state index in [0.717, 1.165) is 10.5 Å². The summed E-state index contributed by atoms with van der Waals surface area (Å²) in [4.78, 5) is 16.2. The summed E-state index contributed by atoms with van der Waals surface area (Å²) in [5.41, 5.74) is -0.281. The maximum absolute atomic E-state index is 14.2. The standard InChI is InChI=1S/C28H30F4N4O2S/c1-17-23(10-7-19(15-33)24(17)28(30,31)32)36-25(37)27(2,3)35(26(36)39)13-4-14-38-20-8-5-18(6-9-20)21-11-12-34-16-22(21)29/h5-12,19,21-22,24,34H,4,13-14,16H2,1-3H3/t19-,21+,22?,24-/m0/s1. The summed E-state index contributed by atoms with van der Waals surface area (Å²) in [5.74, 6) is -3.51. The third-order valence-corrected chi connectivity index (χ3v) is 7.84. The van der Waals surface area contributed by atoms with Gasteiger partial charge in [0.05, 0.1) is 30.2 Å². The molecule has 0 aromatic heterocycles. The quantitative estimate of drug-likeness (QED) is 0.274. The fraction of sp³-hybridized carbons (Fsp3) is 0.464. The Morgan fingerprint density at radius 3 is 2.54 bits per heavy atom. The number of halogens is 4. The number of hydrogen-bond acceptors (Lipinski definition) is 5. The van der Waals surface area contributed by atoms with Crippen molar-refractivity contribution in [1.29, 1.82) is 5.26 Å². The highest BCUT2D eigenvalue weighted by Crippen LogP contribution is 2.44. The first-order chi connectivity index (χ1) is 18.4. The number of nitrogens with zero attached hydrogens (tertiary/aromatic N) is 3. The molecule has 3 aliphatic rings. The number of nitrogens with one attached hydrogen (secondary N) is 1. The molecule has 1 aromatic carbocycles.